The van der Waals surface area contributed by atoms with Crippen LogP contribution in [0.3, 0.4) is 0 Å². The number of oxime groups is 1. The minimum atomic E-state index is -0.473. The average molecular weight is 267 g/mol. The summed E-state index contributed by atoms with van der Waals surface area (Å²) in [6, 6.07) is 3.49. The Hall–Kier alpha value is -2.44. The maximum absolute atomic E-state index is 12.3. The minimum Gasteiger partial charge on any atom is -0.508 e. The monoisotopic (exact) mass is 267 g/mol. The van der Waals surface area contributed by atoms with Crippen molar-refractivity contribution in [2.45, 2.75) is 19.9 Å². The molecule has 0 saturated carbocycles. The van der Waals surface area contributed by atoms with E-state index in [1.807, 2.05) is 0 Å². The van der Waals surface area contributed by atoms with Crippen molar-refractivity contribution in [3.63, 3.8) is 0 Å². The summed E-state index contributed by atoms with van der Waals surface area (Å²) in [5, 5.41) is 30.2. The lowest BCUT2D eigenvalue weighted by Gasteiger charge is -2.26. The Kier molecular flexibility index (Phi) is 4.57. The third-order valence-electron chi connectivity index (χ3n) is 2.56. The minimum absolute atomic E-state index is 0.0391. The van der Waals surface area contributed by atoms with E-state index in [1.165, 1.54) is 17.0 Å². The fourth-order valence-corrected chi connectivity index (χ4v) is 1.55. The SMILES string of the molecule is CC(C)N(C/C(N)=N/O)C(=O)c1ccc(O)cc1O. The Labute approximate surface area is 110 Å². The molecule has 0 atom stereocenters. The molecule has 104 valence electrons. The van der Waals surface area contributed by atoms with Gasteiger partial charge in [-0.3, -0.25) is 4.79 Å². The molecule has 19 heavy (non-hydrogen) atoms. The zero-order valence-corrected chi connectivity index (χ0v) is 10.7. The van der Waals surface area contributed by atoms with Crippen LogP contribution in [0, 0.1) is 0 Å². The molecular weight excluding hydrogens is 250 g/mol. The van der Waals surface area contributed by atoms with Gasteiger partial charge in [0.25, 0.3) is 5.91 Å². The summed E-state index contributed by atoms with van der Waals surface area (Å²) in [6.45, 7) is 3.47. The smallest absolute Gasteiger partial charge is 0.258 e. The van der Waals surface area contributed by atoms with Crippen LogP contribution in [0.5, 0.6) is 11.5 Å². The normalized spacial score (nSPS) is 11.6. The molecule has 0 radical (unpaired) electrons. The van der Waals surface area contributed by atoms with Gasteiger partial charge < -0.3 is 26.1 Å². The number of phenolic OH excluding ortho intramolecular Hbond substituents is 2. The fourth-order valence-electron chi connectivity index (χ4n) is 1.55. The Morgan fingerprint density at radius 1 is 1.42 bits per heavy atom. The van der Waals surface area contributed by atoms with Gasteiger partial charge in [-0.05, 0) is 26.0 Å². The van der Waals surface area contributed by atoms with Crippen molar-refractivity contribution < 1.29 is 20.2 Å². The lowest BCUT2D eigenvalue weighted by molar-refractivity contribution is 0.0731. The first-order valence-corrected chi connectivity index (χ1v) is 5.66. The number of benzene rings is 1. The summed E-state index contributed by atoms with van der Waals surface area (Å²) in [5.41, 5.74) is 5.43. The first-order valence-electron chi connectivity index (χ1n) is 5.66. The highest BCUT2D eigenvalue weighted by molar-refractivity contribution is 5.99. The van der Waals surface area contributed by atoms with Crippen molar-refractivity contribution >= 4 is 11.7 Å². The van der Waals surface area contributed by atoms with Crippen LogP contribution in [-0.4, -0.2) is 44.6 Å². The second-order valence-corrected chi connectivity index (χ2v) is 4.32. The number of nitrogens with two attached hydrogens (primary N) is 1. The number of hydrogen-bond donors (Lipinski definition) is 4. The van der Waals surface area contributed by atoms with Crippen LogP contribution in [0.1, 0.15) is 24.2 Å². The highest BCUT2D eigenvalue weighted by Gasteiger charge is 2.22. The van der Waals surface area contributed by atoms with Crippen molar-refractivity contribution in [3.8, 4) is 11.5 Å². The van der Waals surface area contributed by atoms with Crippen molar-refractivity contribution in [1.82, 2.24) is 4.90 Å². The van der Waals surface area contributed by atoms with Crippen LogP contribution < -0.4 is 5.73 Å². The van der Waals surface area contributed by atoms with E-state index in [0.29, 0.717) is 0 Å². The van der Waals surface area contributed by atoms with Gasteiger partial charge in [-0.2, -0.15) is 0 Å². The first kappa shape index (κ1) is 14.6. The molecule has 7 nitrogen and oxygen atoms in total. The second kappa shape index (κ2) is 5.94. The summed E-state index contributed by atoms with van der Waals surface area (Å²) >= 11 is 0. The number of rotatable bonds is 4. The van der Waals surface area contributed by atoms with Gasteiger partial charge in [-0.25, -0.2) is 0 Å². The number of hydrogen-bond acceptors (Lipinski definition) is 5. The van der Waals surface area contributed by atoms with Gasteiger partial charge in [0.15, 0.2) is 5.84 Å². The van der Waals surface area contributed by atoms with E-state index in [-0.39, 0.29) is 35.5 Å². The molecule has 7 heteroatoms. The van der Waals surface area contributed by atoms with E-state index in [1.54, 1.807) is 13.8 Å². The first-order chi connectivity index (χ1) is 8.86. The van der Waals surface area contributed by atoms with Gasteiger partial charge in [0.1, 0.15) is 11.5 Å². The molecule has 0 saturated heterocycles. The van der Waals surface area contributed by atoms with Gasteiger partial charge >= 0.3 is 0 Å². The lowest BCUT2D eigenvalue weighted by atomic mass is 10.1. The van der Waals surface area contributed by atoms with Crippen molar-refractivity contribution in [1.29, 1.82) is 0 Å². The summed E-state index contributed by atoms with van der Waals surface area (Å²) in [7, 11) is 0. The molecular formula is C12H17N3O4. The Bertz CT molecular complexity index is 500. The Morgan fingerprint density at radius 2 is 2.05 bits per heavy atom. The quantitative estimate of drug-likeness (QED) is 0.277. The second-order valence-electron chi connectivity index (χ2n) is 4.32. The van der Waals surface area contributed by atoms with Crippen molar-refractivity contribution in [2.24, 2.45) is 10.9 Å². The molecule has 0 fully saturated rings. The lowest BCUT2D eigenvalue weighted by Crippen LogP contribution is -2.42. The highest BCUT2D eigenvalue weighted by atomic mass is 16.4. The molecule has 1 amide bonds. The predicted octanol–water partition coefficient (Wildman–Crippen LogP) is 0.695. The van der Waals surface area contributed by atoms with E-state index < -0.39 is 5.91 Å². The van der Waals surface area contributed by atoms with Crippen molar-refractivity contribution in [2.75, 3.05) is 6.54 Å². The maximum atomic E-state index is 12.3. The molecule has 0 spiro atoms. The number of amides is 1. The molecule has 5 N–H and O–H groups in total. The van der Waals surface area contributed by atoms with E-state index in [0.717, 1.165) is 6.07 Å². The number of carbonyl (C=O) groups is 1. The number of phenols is 2. The fraction of sp³-hybridized carbons (Fsp3) is 0.333. The molecule has 0 aromatic heterocycles. The van der Waals surface area contributed by atoms with E-state index in [9.17, 15) is 15.0 Å². The zero-order valence-electron chi connectivity index (χ0n) is 10.7. The predicted molar refractivity (Wildman–Crippen MR) is 69.4 cm³/mol. The van der Waals surface area contributed by atoms with Crippen LogP contribution in [0.15, 0.2) is 23.4 Å². The van der Waals surface area contributed by atoms with E-state index in [4.69, 9.17) is 10.9 Å². The van der Waals surface area contributed by atoms with Crippen molar-refractivity contribution in [3.05, 3.63) is 23.8 Å². The van der Waals surface area contributed by atoms with Gasteiger partial charge in [0.2, 0.25) is 0 Å². The Morgan fingerprint density at radius 3 is 2.53 bits per heavy atom. The Balaban J connectivity index is 3.06. The molecule has 0 bridgehead atoms. The van der Waals surface area contributed by atoms with Gasteiger partial charge in [-0.15, -0.1) is 0 Å². The molecule has 0 aliphatic carbocycles. The number of carbonyl (C=O) groups excluding carboxylic acids is 1. The maximum Gasteiger partial charge on any atom is 0.258 e. The van der Waals surface area contributed by atoms with Crippen LogP contribution in [0.25, 0.3) is 0 Å². The average Bonchev–Trinajstić information content (AvgIpc) is 2.34. The number of aromatic hydroxyl groups is 2. The van der Waals surface area contributed by atoms with Crippen LogP contribution in [-0.2, 0) is 0 Å². The largest absolute Gasteiger partial charge is 0.508 e. The molecule has 1 aromatic carbocycles. The summed E-state index contributed by atoms with van der Waals surface area (Å²) in [6.07, 6.45) is 0. The zero-order chi connectivity index (χ0) is 14.6. The number of amidine groups is 1. The van der Waals surface area contributed by atoms with Crippen LogP contribution >= 0.6 is 0 Å². The third-order valence-corrected chi connectivity index (χ3v) is 2.56. The van der Waals surface area contributed by atoms with Gasteiger partial charge in [0.05, 0.1) is 12.1 Å². The summed E-state index contributed by atoms with van der Waals surface area (Å²) in [4.78, 5) is 13.6. The van der Waals surface area contributed by atoms with Crippen LogP contribution in [0.4, 0.5) is 0 Å². The summed E-state index contributed by atoms with van der Waals surface area (Å²) in [5.74, 6) is -1.05. The molecule has 0 unspecified atom stereocenters. The number of nitrogens with zero attached hydrogens (tertiary/aromatic N) is 2. The molecule has 0 heterocycles. The third kappa shape index (κ3) is 3.51. The van der Waals surface area contributed by atoms with E-state index in [2.05, 4.69) is 5.16 Å². The highest BCUT2D eigenvalue weighted by Crippen LogP contribution is 2.24. The van der Waals surface area contributed by atoms with Gasteiger partial charge in [-0.1, -0.05) is 5.16 Å². The van der Waals surface area contributed by atoms with E-state index >= 15 is 0 Å². The standard InChI is InChI=1S/C12H17N3O4/c1-7(2)15(6-11(13)14-19)12(18)9-4-3-8(16)5-10(9)17/h3-5,7,16-17,19H,6H2,1-2H3,(H2,13,14). The topological polar surface area (TPSA) is 119 Å². The molecule has 1 rings (SSSR count). The molecule has 0 aliphatic rings. The molecule has 0 aliphatic heterocycles. The molecule has 1 aromatic rings. The summed E-state index contributed by atoms with van der Waals surface area (Å²) < 4.78 is 0. The van der Waals surface area contributed by atoms with Gasteiger partial charge in [0, 0.05) is 12.1 Å². The van der Waals surface area contributed by atoms with Crippen LogP contribution in [0.2, 0.25) is 0 Å².